The number of hydrogen-bond acceptors (Lipinski definition) is 3. The normalized spacial score (nSPS) is 17.5. The fourth-order valence-electron chi connectivity index (χ4n) is 1.78. The van der Waals surface area contributed by atoms with Gasteiger partial charge in [0, 0.05) is 6.54 Å². The Kier molecular flexibility index (Phi) is 2.55. The number of nitrogens with zero attached hydrogens (tertiary/aromatic N) is 1. The van der Waals surface area contributed by atoms with E-state index in [1.54, 1.807) is 0 Å². The fourth-order valence-corrected chi connectivity index (χ4v) is 1.78. The van der Waals surface area contributed by atoms with Crippen LogP contribution in [-0.4, -0.2) is 11.5 Å². The zero-order valence-electron chi connectivity index (χ0n) is 9.51. The van der Waals surface area contributed by atoms with Crippen LogP contribution in [-0.2, 0) is 0 Å². The van der Waals surface area contributed by atoms with E-state index in [9.17, 15) is 0 Å². The van der Waals surface area contributed by atoms with Crippen molar-refractivity contribution in [2.75, 3.05) is 17.6 Å². The topological polar surface area (TPSA) is 50.9 Å². The molecule has 2 rings (SSSR count). The van der Waals surface area contributed by atoms with Crippen LogP contribution in [0.3, 0.4) is 0 Å². The van der Waals surface area contributed by atoms with Crippen molar-refractivity contribution in [1.29, 1.82) is 0 Å². The molecule has 1 aliphatic rings. The van der Waals surface area contributed by atoms with Crippen molar-refractivity contribution in [2.24, 2.45) is 5.41 Å². The molecule has 0 bridgehead atoms. The molecule has 3 nitrogen and oxygen atoms in total. The van der Waals surface area contributed by atoms with Crippen LogP contribution in [0.25, 0.3) is 0 Å². The van der Waals surface area contributed by atoms with Crippen molar-refractivity contribution >= 4 is 11.5 Å². The molecule has 1 saturated carbocycles. The van der Waals surface area contributed by atoms with E-state index in [1.165, 1.54) is 19.3 Å². The first-order valence-electron chi connectivity index (χ1n) is 5.62. The number of aromatic nitrogens is 1. The first-order chi connectivity index (χ1) is 7.15. The number of nitrogen functional groups attached to an aromatic ring is 1. The smallest absolute Gasteiger partial charge is 0.126 e. The van der Waals surface area contributed by atoms with Crippen molar-refractivity contribution in [3.63, 3.8) is 0 Å². The van der Waals surface area contributed by atoms with E-state index in [0.29, 0.717) is 5.41 Å². The van der Waals surface area contributed by atoms with Crippen LogP contribution in [0.2, 0.25) is 0 Å². The third-order valence-electron chi connectivity index (χ3n) is 3.48. The van der Waals surface area contributed by atoms with Crippen LogP contribution >= 0.6 is 0 Å². The lowest BCUT2D eigenvalue weighted by atomic mass is 10.0. The van der Waals surface area contributed by atoms with Gasteiger partial charge in [-0.15, -0.1) is 0 Å². The number of hydrogen-bond donors (Lipinski definition) is 2. The van der Waals surface area contributed by atoms with Crippen LogP contribution in [0.5, 0.6) is 0 Å². The Balaban J connectivity index is 1.96. The van der Waals surface area contributed by atoms with E-state index in [4.69, 9.17) is 5.73 Å². The van der Waals surface area contributed by atoms with E-state index in [1.807, 2.05) is 19.1 Å². The van der Waals surface area contributed by atoms with Crippen molar-refractivity contribution in [2.45, 2.75) is 33.1 Å². The van der Waals surface area contributed by atoms with E-state index in [0.717, 1.165) is 23.7 Å². The SMILES string of the molecule is CCC1(CNc2ccc(N)c(C)n2)CC1. The molecule has 1 aromatic heterocycles. The standard InChI is InChI=1S/C12H19N3/c1-3-12(6-7-12)8-14-11-5-4-10(13)9(2)15-11/h4-5H,3,6-8,13H2,1-2H3,(H,14,15). The molecule has 15 heavy (non-hydrogen) atoms. The Hall–Kier alpha value is -1.25. The van der Waals surface area contributed by atoms with Crippen molar-refractivity contribution < 1.29 is 0 Å². The van der Waals surface area contributed by atoms with Gasteiger partial charge in [-0.2, -0.15) is 0 Å². The van der Waals surface area contributed by atoms with E-state index < -0.39 is 0 Å². The molecular weight excluding hydrogens is 186 g/mol. The number of rotatable bonds is 4. The number of anilines is 2. The van der Waals surface area contributed by atoms with Crippen LogP contribution in [0.15, 0.2) is 12.1 Å². The molecule has 1 heterocycles. The maximum atomic E-state index is 5.72. The lowest BCUT2D eigenvalue weighted by Gasteiger charge is -2.14. The molecule has 1 fully saturated rings. The summed E-state index contributed by atoms with van der Waals surface area (Å²) in [5.41, 5.74) is 7.94. The second-order valence-electron chi connectivity index (χ2n) is 4.58. The number of nitrogens with two attached hydrogens (primary N) is 1. The van der Waals surface area contributed by atoms with Crippen LogP contribution in [0.1, 0.15) is 31.9 Å². The summed E-state index contributed by atoms with van der Waals surface area (Å²) >= 11 is 0. The molecule has 0 amide bonds. The Labute approximate surface area is 91.1 Å². The van der Waals surface area contributed by atoms with E-state index >= 15 is 0 Å². The van der Waals surface area contributed by atoms with E-state index in [2.05, 4.69) is 17.2 Å². The van der Waals surface area contributed by atoms with E-state index in [-0.39, 0.29) is 0 Å². The summed E-state index contributed by atoms with van der Waals surface area (Å²) < 4.78 is 0. The van der Waals surface area contributed by atoms with Gasteiger partial charge in [-0.25, -0.2) is 4.98 Å². The summed E-state index contributed by atoms with van der Waals surface area (Å²) in [6.07, 6.45) is 3.96. The van der Waals surface area contributed by atoms with Crippen LogP contribution in [0, 0.1) is 12.3 Å². The molecular formula is C12H19N3. The van der Waals surface area contributed by atoms with Gasteiger partial charge in [0.25, 0.3) is 0 Å². The predicted molar refractivity (Wildman–Crippen MR) is 63.8 cm³/mol. The molecule has 0 aliphatic heterocycles. The number of nitrogens with one attached hydrogen (secondary N) is 1. The molecule has 0 unspecified atom stereocenters. The summed E-state index contributed by atoms with van der Waals surface area (Å²) in [7, 11) is 0. The van der Waals surface area contributed by atoms with Crippen LogP contribution in [0.4, 0.5) is 11.5 Å². The Bertz CT molecular complexity index is 356. The third kappa shape index (κ3) is 2.22. The minimum Gasteiger partial charge on any atom is -0.397 e. The van der Waals surface area contributed by atoms with Gasteiger partial charge in [-0.3, -0.25) is 0 Å². The molecule has 0 aromatic carbocycles. The second kappa shape index (κ2) is 3.72. The fraction of sp³-hybridized carbons (Fsp3) is 0.583. The minimum atomic E-state index is 0.553. The first kappa shape index (κ1) is 10.3. The van der Waals surface area contributed by atoms with Gasteiger partial charge in [0.2, 0.25) is 0 Å². The molecule has 0 radical (unpaired) electrons. The number of pyridine rings is 1. The van der Waals surface area contributed by atoms with Crippen LogP contribution < -0.4 is 11.1 Å². The average Bonchev–Trinajstić information content (AvgIpc) is 3.01. The lowest BCUT2D eigenvalue weighted by molar-refractivity contribution is 0.520. The van der Waals surface area contributed by atoms with Gasteiger partial charge in [-0.05, 0) is 43.7 Å². The Morgan fingerprint density at radius 2 is 2.20 bits per heavy atom. The zero-order valence-corrected chi connectivity index (χ0v) is 9.51. The molecule has 0 atom stereocenters. The van der Waals surface area contributed by atoms with Crippen molar-refractivity contribution in [1.82, 2.24) is 4.98 Å². The second-order valence-corrected chi connectivity index (χ2v) is 4.58. The van der Waals surface area contributed by atoms with Crippen molar-refractivity contribution in [3.8, 4) is 0 Å². The Morgan fingerprint density at radius 3 is 2.73 bits per heavy atom. The maximum absolute atomic E-state index is 5.72. The largest absolute Gasteiger partial charge is 0.397 e. The zero-order chi connectivity index (χ0) is 10.9. The minimum absolute atomic E-state index is 0.553. The van der Waals surface area contributed by atoms with Gasteiger partial charge in [0.05, 0.1) is 11.4 Å². The average molecular weight is 205 g/mol. The molecule has 1 aliphatic carbocycles. The maximum Gasteiger partial charge on any atom is 0.126 e. The highest BCUT2D eigenvalue weighted by atomic mass is 15.0. The van der Waals surface area contributed by atoms with Gasteiger partial charge in [0.1, 0.15) is 5.82 Å². The van der Waals surface area contributed by atoms with Gasteiger partial charge in [0.15, 0.2) is 0 Å². The summed E-state index contributed by atoms with van der Waals surface area (Å²) in [5.74, 6) is 0.946. The third-order valence-corrected chi connectivity index (χ3v) is 3.48. The monoisotopic (exact) mass is 205 g/mol. The molecule has 0 spiro atoms. The van der Waals surface area contributed by atoms with Gasteiger partial charge in [-0.1, -0.05) is 6.92 Å². The summed E-state index contributed by atoms with van der Waals surface area (Å²) in [6, 6.07) is 3.87. The van der Waals surface area contributed by atoms with Gasteiger partial charge < -0.3 is 11.1 Å². The van der Waals surface area contributed by atoms with Crippen molar-refractivity contribution in [3.05, 3.63) is 17.8 Å². The highest BCUT2D eigenvalue weighted by Gasteiger charge is 2.40. The number of aryl methyl sites for hydroxylation is 1. The molecule has 82 valence electrons. The highest BCUT2D eigenvalue weighted by molar-refractivity contribution is 5.49. The summed E-state index contributed by atoms with van der Waals surface area (Å²) in [6.45, 7) is 5.24. The quantitative estimate of drug-likeness (QED) is 0.794. The summed E-state index contributed by atoms with van der Waals surface area (Å²) in [4.78, 5) is 4.40. The predicted octanol–water partition coefficient (Wildman–Crippen LogP) is 2.57. The summed E-state index contributed by atoms with van der Waals surface area (Å²) in [5, 5.41) is 3.40. The highest BCUT2D eigenvalue weighted by Crippen LogP contribution is 2.48. The molecule has 0 saturated heterocycles. The first-order valence-corrected chi connectivity index (χ1v) is 5.62. The molecule has 3 heteroatoms. The molecule has 1 aromatic rings. The Morgan fingerprint density at radius 1 is 1.47 bits per heavy atom. The lowest BCUT2D eigenvalue weighted by Crippen LogP contribution is -2.15. The van der Waals surface area contributed by atoms with Gasteiger partial charge >= 0.3 is 0 Å². The molecule has 3 N–H and O–H groups in total.